The van der Waals surface area contributed by atoms with Gasteiger partial charge in [0.15, 0.2) is 5.69 Å². The van der Waals surface area contributed by atoms with E-state index in [9.17, 15) is 9.18 Å². The third-order valence-electron chi connectivity index (χ3n) is 2.18. The summed E-state index contributed by atoms with van der Waals surface area (Å²) in [4.78, 5) is 15.6. The average Bonchev–Trinajstić information content (AvgIpc) is 2.32. The van der Waals surface area contributed by atoms with Crippen molar-refractivity contribution in [1.29, 1.82) is 0 Å². The van der Waals surface area contributed by atoms with Crippen molar-refractivity contribution in [2.24, 2.45) is 0 Å². The lowest BCUT2D eigenvalue weighted by atomic mass is 10.2. The van der Waals surface area contributed by atoms with Crippen molar-refractivity contribution in [3.05, 3.63) is 54.1 Å². The van der Waals surface area contributed by atoms with Crippen LogP contribution < -0.4 is 11.1 Å². The van der Waals surface area contributed by atoms with Crippen molar-refractivity contribution in [1.82, 2.24) is 4.98 Å². The van der Waals surface area contributed by atoms with Gasteiger partial charge in [-0.2, -0.15) is 0 Å². The summed E-state index contributed by atoms with van der Waals surface area (Å²) in [5.41, 5.74) is 6.03. The molecular formula is C12H10FN3O. The number of aromatic nitrogens is 1. The summed E-state index contributed by atoms with van der Waals surface area (Å²) in [5, 5.41) is 2.41. The standard InChI is InChI=1S/C12H10FN3O/c13-8-4-1-2-6-10(8)16-12(17)11-9(14)5-3-7-15-11/h1-7H,14H2,(H,16,17). The Labute approximate surface area is 97.3 Å². The van der Waals surface area contributed by atoms with E-state index >= 15 is 0 Å². The number of nitrogens with two attached hydrogens (primary N) is 1. The topological polar surface area (TPSA) is 68.0 Å². The maximum absolute atomic E-state index is 13.3. The average molecular weight is 231 g/mol. The minimum Gasteiger partial charge on any atom is -0.397 e. The number of halogens is 1. The lowest BCUT2D eigenvalue weighted by Crippen LogP contribution is -2.16. The van der Waals surface area contributed by atoms with Gasteiger partial charge in [0.1, 0.15) is 5.82 Å². The van der Waals surface area contributed by atoms with Crippen LogP contribution in [-0.2, 0) is 0 Å². The van der Waals surface area contributed by atoms with Crippen molar-refractivity contribution in [3.63, 3.8) is 0 Å². The first kappa shape index (κ1) is 11.1. The van der Waals surface area contributed by atoms with Gasteiger partial charge < -0.3 is 11.1 Å². The summed E-state index contributed by atoms with van der Waals surface area (Å²) in [5.74, 6) is -1.04. The van der Waals surface area contributed by atoms with Gasteiger partial charge in [0.2, 0.25) is 0 Å². The number of carbonyl (C=O) groups is 1. The molecule has 1 heterocycles. The summed E-state index contributed by atoms with van der Waals surface area (Å²) >= 11 is 0. The number of carbonyl (C=O) groups excluding carboxylic acids is 1. The SMILES string of the molecule is Nc1cccnc1C(=O)Nc1ccccc1F. The molecule has 1 aromatic heterocycles. The van der Waals surface area contributed by atoms with Crippen LogP contribution in [0.4, 0.5) is 15.8 Å². The minimum atomic E-state index is -0.534. The molecule has 0 atom stereocenters. The van der Waals surface area contributed by atoms with Crippen molar-refractivity contribution < 1.29 is 9.18 Å². The first-order chi connectivity index (χ1) is 8.18. The summed E-state index contributed by atoms with van der Waals surface area (Å²) in [6, 6.07) is 9.07. The van der Waals surface area contributed by atoms with Crippen LogP contribution in [0.25, 0.3) is 0 Å². The molecule has 0 bridgehead atoms. The highest BCUT2D eigenvalue weighted by Crippen LogP contribution is 2.15. The fourth-order valence-electron chi connectivity index (χ4n) is 1.35. The second-order valence-electron chi connectivity index (χ2n) is 3.38. The van der Waals surface area contributed by atoms with Gasteiger partial charge in [-0.25, -0.2) is 9.37 Å². The third-order valence-corrected chi connectivity index (χ3v) is 2.18. The molecular weight excluding hydrogens is 221 g/mol. The molecule has 0 unspecified atom stereocenters. The number of nitrogens with zero attached hydrogens (tertiary/aromatic N) is 1. The largest absolute Gasteiger partial charge is 0.397 e. The van der Waals surface area contributed by atoms with Crippen LogP contribution in [-0.4, -0.2) is 10.9 Å². The van der Waals surface area contributed by atoms with Crippen molar-refractivity contribution in [2.45, 2.75) is 0 Å². The maximum atomic E-state index is 13.3. The molecule has 0 saturated heterocycles. The molecule has 17 heavy (non-hydrogen) atoms. The zero-order chi connectivity index (χ0) is 12.3. The number of para-hydroxylation sites is 1. The number of hydrogen-bond acceptors (Lipinski definition) is 3. The molecule has 2 rings (SSSR count). The van der Waals surface area contributed by atoms with Crippen LogP contribution in [0, 0.1) is 5.82 Å². The molecule has 0 aliphatic heterocycles. The van der Waals surface area contributed by atoms with E-state index in [1.807, 2.05) is 0 Å². The van der Waals surface area contributed by atoms with Gasteiger partial charge in [0, 0.05) is 6.20 Å². The van der Waals surface area contributed by atoms with E-state index in [1.165, 1.54) is 18.3 Å². The lowest BCUT2D eigenvalue weighted by Gasteiger charge is -2.06. The normalized spacial score (nSPS) is 9.94. The molecule has 0 aliphatic carbocycles. The van der Waals surface area contributed by atoms with E-state index in [0.717, 1.165) is 0 Å². The highest BCUT2D eigenvalue weighted by Gasteiger charge is 2.12. The summed E-state index contributed by atoms with van der Waals surface area (Å²) in [7, 11) is 0. The van der Waals surface area contributed by atoms with Gasteiger partial charge in [0.25, 0.3) is 5.91 Å². The van der Waals surface area contributed by atoms with Gasteiger partial charge >= 0.3 is 0 Å². The highest BCUT2D eigenvalue weighted by atomic mass is 19.1. The molecule has 1 aromatic carbocycles. The van der Waals surface area contributed by atoms with E-state index in [-0.39, 0.29) is 17.1 Å². The smallest absolute Gasteiger partial charge is 0.276 e. The predicted molar refractivity (Wildman–Crippen MR) is 63.0 cm³/mol. The molecule has 0 spiro atoms. The van der Waals surface area contributed by atoms with Crippen LogP contribution in [0.5, 0.6) is 0 Å². The number of nitrogens with one attached hydrogen (secondary N) is 1. The highest BCUT2D eigenvalue weighted by molar-refractivity contribution is 6.06. The first-order valence-electron chi connectivity index (χ1n) is 4.95. The third kappa shape index (κ3) is 2.39. The Morgan fingerprint density at radius 2 is 2.00 bits per heavy atom. The molecule has 5 heteroatoms. The van der Waals surface area contributed by atoms with Gasteiger partial charge in [-0.3, -0.25) is 4.79 Å². The van der Waals surface area contributed by atoms with Crippen LogP contribution >= 0.6 is 0 Å². The number of benzene rings is 1. The summed E-state index contributed by atoms with van der Waals surface area (Å²) in [6.45, 7) is 0. The fraction of sp³-hybridized carbons (Fsp3) is 0. The van der Waals surface area contributed by atoms with Crippen molar-refractivity contribution >= 4 is 17.3 Å². The maximum Gasteiger partial charge on any atom is 0.276 e. The van der Waals surface area contributed by atoms with Crippen LogP contribution in [0.1, 0.15) is 10.5 Å². The molecule has 3 N–H and O–H groups in total. The predicted octanol–water partition coefficient (Wildman–Crippen LogP) is 2.06. The Hall–Kier alpha value is -2.43. The van der Waals surface area contributed by atoms with Gasteiger partial charge in [-0.1, -0.05) is 12.1 Å². The zero-order valence-corrected chi connectivity index (χ0v) is 8.85. The quantitative estimate of drug-likeness (QED) is 0.831. The number of hydrogen-bond donors (Lipinski definition) is 2. The molecule has 0 fully saturated rings. The molecule has 4 nitrogen and oxygen atoms in total. The second kappa shape index (κ2) is 4.61. The number of anilines is 2. The molecule has 0 saturated carbocycles. The van der Waals surface area contributed by atoms with E-state index < -0.39 is 11.7 Å². The Morgan fingerprint density at radius 1 is 1.24 bits per heavy atom. The molecule has 2 aromatic rings. The van der Waals surface area contributed by atoms with Crippen molar-refractivity contribution in [2.75, 3.05) is 11.1 Å². The van der Waals surface area contributed by atoms with Crippen LogP contribution in [0.2, 0.25) is 0 Å². The van der Waals surface area contributed by atoms with E-state index in [2.05, 4.69) is 10.3 Å². The Morgan fingerprint density at radius 3 is 2.71 bits per heavy atom. The summed E-state index contributed by atoms with van der Waals surface area (Å²) in [6.07, 6.45) is 1.45. The molecule has 86 valence electrons. The van der Waals surface area contributed by atoms with Gasteiger partial charge in [-0.05, 0) is 24.3 Å². The van der Waals surface area contributed by atoms with E-state index in [1.54, 1.807) is 24.3 Å². The van der Waals surface area contributed by atoms with E-state index in [0.29, 0.717) is 0 Å². The Balaban J connectivity index is 2.24. The molecule has 0 aliphatic rings. The Bertz CT molecular complexity index is 557. The van der Waals surface area contributed by atoms with Gasteiger partial charge in [-0.15, -0.1) is 0 Å². The monoisotopic (exact) mass is 231 g/mol. The Kier molecular flexibility index (Phi) is 3.00. The second-order valence-corrected chi connectivity index (χ2v) is 3.38. The van der Waals surface area contributed by atoms with Crippen LogP contribution in [0.15, 0.2) is 42.6 Å². The first-order valence-corrected chi connectivity index (χ1v) is 4.95. The number of rotatable bonds is 2. The number of nitrogen functional groups attached to an aromatic ring is 1. The molecule has 1 amide bonds. The minimum absolute atomic E-state index is 0.0794. The van der Waals surface area contributed by atoms with Crippen LogP contribution in [0.3, 0.4) is 0 Å². The van der Waals surface area contributed by atoms with Gasteiger partial charge in [0.05, 0.1) is 11.4 Å². The fourth-order valence-corrected chi connectivity index (χ4v) is 1.35. The molecule has 0 radical (unpaired) electrons. The number of amides is 1. The van der Waals surface area contributed by atoms with E-state index in [4.69, 9.17) is 5.73 Å². The van der Waals surface area contributed by atoms with Crippen molar-refractivity contribution in [3.8, 4) is 0 Å². The number of pyridine rings is 1. The zero-order valence-electron chi connectivity index (χ0n) is 8.85. The summed E-state index contributed by atoms with van der Waals surface area (Å²) < 4.78 is 13.3. The lowest BCUT2D eigenvalue weighted by molar-refractivity contribution is 0.102.